The summed E-state index contributed by atoms with van der Waals surface area (Å²) in [6.45, 7) is 7.36. The lowest BCUT2D eigenvalue weighted by Crippen LogP contribution is -2.57. The minimum atomic E-state index is -3.54. The third-order valence-electron chi connectivity index (χ3n) is 12.1. The third-order valence-corrected chi connectivity index (χ3v) is 14.8. The standard InChI is InChI=1S/C39H51ClN4O6S/c1-25-7-5-9-35(49-4)32-13-10-30(32)21-44-23-39(16-6-8-28-17-31(40)12-14-33(28)39)24-50-36-15-11-29(18-34(36)44)37(45)41-51(47,26(25)2)42-38(46)43-19-27(20-43)22-48-3/h5,9,11-12,14-15,17-18,25-27,30,32,35H,6-8,10,13,16,19-24H2,1-4H3,(H,41,42,45,46,47)/b9-5+/t25-,26+,30-,32+,35-,39-,51?/m0/s1. The van der Waals surface area contributed by atoms with Crippen molar-refractivity contribution in [3.05, 3.63) is 70.3 Å². The Kier molecular flexibility index (Phi) is 10.5. The summed E-state index contributed by atoms with van der Waals surface area (Å²) in [6.07, 6.45) is 9.95. The van der Waals surface area contributed by atoms with Crippen LogP contribution in [0.25, 0.3) is 0 Å². The number of urea groups is 1. The van der Waals surface area contributed by atoms with Gasteiger partial charge in [-0.05, 0) is 105 Å². The van der Waals surface area contributed by atoms with Crippen molar-refractivity contribution in [3.8, 4) is 5.75 Å². The van der Waals surface area contributed by atoms with Crippen molar-refractivity contribution in [2.75, 3.05) is 58.5 Å². The van der Waals surface area contributed by atoms with Gasteiger partial charge in [-0.15, -0.1) is 4.36 Å². The van der Waals surface area contributed by atoms with Gasteiger partial charge >= 0.3 is 6.03 Å². The molecule has 5 aliphatic rings. The van der Waals surface area contributed by atoms with E-state index in [1.165, 1.54) is 11.1 Å². The molecule has 2 aromatic rings. The molecule has 7 atom stereocenters. The summed E-state index contributed by atoms with van der Waals surface area (Å²) in [4.78, 5) is 31.5. The lowest BCUT2D eigenvalue weighted by Gasteiger charge is -2.46. The van der Waals surface area contributed by atoms with E-state index in [9.17, 15) is 13.8 Å². The number of amides is 3. The van der Waals surface area contributed by atoms with E-state index in [1.54, 1.807) is 25.2 Å². The summed E-state index contributed by atoms with van der Waals surface area (Å²) in [6, 6.07) is 11.2. The highest BCUT2D eigenvalue weighted by Gasteiger charge is 2.44. The van der Waals surface area contributed by atoms with Gasteiger partial charge in [-0.25, -0.2) is 13.7 Å². The Hall–Kier alpha value is -3.12. The van der Waals surface area contributed by atoms with Crippen molar-refractivity contribution in [3.63, 3.8) is 0 Å². The molecule has 2 aromatic carbocycles. The van der Waals surface area contributed by atoms with Crippen LogP contribution in [0.1, 0.15) is 67.4 Å². The average molecular weight is 739 g/mol. The number of halogens is 1. The van der Waals surface area contributed by atoms with Gasteiger partial charge in [-0.1, -0.05) is 36.7 Å². The maximum absolute atomic E-state index is 14.8. The number of methoxy groups -OCH3 is 2. The maximum atomic E-state index is 14.8. The van der Waals surface area contributed by atoms with E-state index in [2.05, 4.69) is 38.3 Å². The Morgan fingerprint density at radius 2 is 1.96 bits per heavy atom. The molecule has 1 spiro atoms. The van der Waals surface area contributed by atoms with Crippen molar-refractivity contribution >= 4 is 39.1 Å². The van der Waals surface area contributed by atoms with Crippen molar-refractivity contribution in [2.45, 2.75) is 69.1 Å². The first-order valence-electron chi connectivity index (χ1n) is 18.4. The van der Waals surface area contributed by atoms with E-state index in [0.717, 1.165) is 55.9 Å². The van der Waals surface area contributed by atoms with Crippen LogP contribution in [0.15, 0.2) is 52.9 Å². The fourth-order valence-corrected chi connectivity index (χ4v) is 10.8. The predicted molar refractivity (Wildman–Crippen MR) is 200 cm³/mol. The molecule has 276 valence electrons. The molecule has 3 amide bonds. The summed E-state index contributed by atoms with van der Waals surface area (Å²) < 4.78 is 39.9. The van der Waals surface area contributed by atoms with Crippen LogP contribution >= 0.6 is 11.6 Å². The second-order valence-electron chi connectivity index (χ2n) is 15.4. The summed E-state index contributed by atoms with van der Waals surface area (Å²) in [7, 11) is -0.131. The lowest BCUT2D eigenvalue weighted by atomic mass is 9.68. The van der Waals surface area contributed by atoms with Crippen molar-refractivity contribution in [2.24, 2.45) is 28.0 Å². The number of likely N-dealkylation sites (tertiary alicyclic amines) is 1. The van der Waals surface area contributed by atoms with Crippen LogP contribution in [0, 0.1) is 23.7 Å². The number of nitrogens with zero attached hydrogens (tertiary/aromatic N) is 3. The second kappa shape index (κ2) is 14.7. The number of hydrogen-bond donors (Lipinski definition) is 1. The Morgan fingerprint density at radius 3 is 2.71 bits per heavy atom. The number of carbonyl (C=O) groups is 2. The number of nitrogens with one attached hydrogen (secondary N) is 1. The molecule has 1 unspecified atom stereocenters. The van der Waals surface area contributed by atoms with Gasteiger partial charge in [0, 0.05) is 62.3 Å². The van der Waals surface area contributed by atoms with Crippen LogP contribution in [0.5, 0.6) is 5.75 Å². The van der Waals surface area contributed by atoms with E-state index in [0.29, 0.717) is 55.9 Å². The Bertz CT molecular complexity index is 1810. The molecule has 10 nitrogen and oxygen atoms in total. The molecule has 0 aromatic heterocycles. The molecule has 2 fully saturated rings. The Labute approximate surface area is 307 Å². The van der Waals surface area contributed by atoms with Gasteiger partial charge in [0.2, 0.25) is 0 Å². The molecule has 1 saturated carbocycles. The van der Waals surface area contributed by atoms with E-state index >= 15 is 0 Å². The highest BCUT2D eigenvalue weighted by atomic mass is 35.5. The second-order valence-corrected chi connectivity index (χ2v) is 18.1. The first-order chi connectivity index (χ1) is 24.5. The molecule has 3 aliphatic heterocycles. The molecule has 51 heavy (non-hydrogen) atoms. The van der Waals surface area contributed by atoms with E-state index in [4.69, 9.17) is 25.8 Å². The normalized spacial score (nSPS) is 33.0. The fourth-order valence-electron chi connectivity index (χ4n) is 8.76. The average Bonchev–Trinajstić information content (AvgIpc) is 3.23. The Balaban J connectivity index is 1.28. The summed E-state index contributed by atoms with van der Waals surface area (Å²) in [5.74, 6) is 0.902. The smallest absolute Gasteiger partial charge is 0.329 e. The van der Waals surface area contributed by atoms with Crippen LogP contribution in [0.4, 0.5) is 10.5 Å². The van der Waals surface area contributed by atoms with Crippen LogP contribution in [-0.4, -0.2) is 86.0 Å². The summed E-state index contributed by atoms with van der Waals surface area (Å²) in [5, 5.41) is 0.130. The largest absolute Gasteiger partial charge is 0.490 e. The number of aryl methyl sites for hydroxylation is 1. The Morgan fingerprint density at radius 1 is 1.14 bits per heavy atom. The van der Waals surface area contributed by atoms with Crippen LogP contribution in [0.2, 0.25) is 5.02 Å². The number of allylic oxidation sites excluding steroid dienone is 1. The maximum Gasteiger partial charge on any atom is 0.329 e. The zero-order valence-corrected chi connectivity index (χ0v) is 31.7. The van der Waals surface area contributed by atoms with Gasteiger partial charge in [-0.3, -0.25) is 4.79 Å². The monoisotopic (exact) mass is 738 g/mol. The SMILES string of the molecule is COCC1CN(C(=O)NS2(=O)=NC(=O)c3ccc4c(c3)N(C[C@@H]3CC[C@H]3[C@@H](OC)/C=C/C[C@H](C)[C@H]2C)C[C@@]2(CCCc3cc(Cl)ccc32)CO4)C1. The highest BCUT2D eigenvalue weighted by molar-refractivity contribution is 7.93. The fraction of sp³-hybridized carbons (Fsp3) is 0.590. The molecule has 2 bridgehead atoms. The van der Waals surface area contributed by atoms with Crippen molar-refractivity contribution in [1.82, 2.24) is 9.62 Å². The summed E-state index contributed by atoms with van der Waals surface area (Å²) in [5.41, 5.74) is 3.44. The molecule has 7 rings (SSSR count). The van der Waals surface area contributed by atoms with Crippen molar-refractivity contribution < 1.29 is 28.0 Å². The third kappa shape index (κ3) is 7.15. The molecular formula is C39H51ClN4O6S. The first-order valence-corrected chi connectivity index (χ1v) is 20.3. The van der Waals surface area contributed by atoms with Gasteiger partial charge < -0.3 is 24.0 Å². The molecule has 1 saturated heterocycles. The molecular weight excluding hydrogens is 688 g/mol. The molecule has 12 heteroatoms. The minimum Gasteiger partial charge on any atom is -0.490 e. The molecule has 2 aliphatic carbocycles. The molecule has 0 radical (unpaired) electrons. The quantitative estimate of drug-likeness (QED) is 0.350. The van der Waals surface area contributed by atoms with Crippen LogP contribution in [-0.2, 0) is 31.2 Å². The number of rotatable bonds is 4. The van der Waals surface area contributed by atoms with Gasteiger partial charge in [0.1, 0.15) is 15.7 Å². The molecule has 3 heterocycles. The van der Waals surface area contributed by atoms with E-state index in [-0.39, 0.29) is 23.4 Å². The topological polar surface area (TPSA) is 110 Å². The lowest BCUT2D eigenvalue weighted by molar-refractivity contribution is 0.0131. The number of ether oxygens (including phenoxy) is 3. The van der Waals surface area contributed by atoms with Crippen LogP contribution < -0.4 is 14.4 Å². The van der Waals surface area contributed by atoms with Gasteiger partial charge in [0.25, 0.3) is 5.91 Å². The zero-order chi connectivity index (χ0) is 35.9. The summed E-state index contributed by atoms with van der Waals surface area (Å²) >= 11 is 6.46. The highest BCUT2D eigenvalue weighted by Crippen LogP contribution is 2.47. The molecule has 1 N–H and O–H groups in total. The number of benzene rings is 2. The number of carbonyl (C=O) groups excluding carboxylic acids is 2. The van der Waals surface area contributed by atoms with E-state index < -0.39 is 27.1 Å². The zero-order valence-electron chi connectivity index (χ0n) is 30.1. The number of hydrogen-bond acceptors (Lipinski definition) is 7. The minimum absolute atomic E-state index is 0.0542. The van der Waals surface area contributed by atoms with Gasteiger partial charge in [-0.2, -0.15) is 0 Å². The predicted octanol–water partition coefficient (Wildman–Crippen LogP) is 6.65. The van der Waals surface area contributed by atoms with Crippen molar-refractivity contribution in [1.29, 1.82) is 0 Å². The number of fused-ring (bicyclic) bond motifs is 4. The van der Waals surface area contributed by atoms with Gasteiger partial charge in [0.15, 0.2) is 0 Å². The van der Waals surface area contributed by atoms with Crippen LogP contribution in [0.3, 0.4) is 0 Å². The first kappa shape index (κ1) is 36.2. The van der Waals surface area contributed by atoms with E-state index in [1.807, 2.05) is 32.0 Å². The number of anilines is 1. The van der Waals surface area contributed by atoms with Gasteiger partial charge in [0.05, 0.1) is 30.3 Å².